The van der Waals surface area contributed by atoms with Gasteiger partial charge in [0.25, 0.3) is 0 Å². The Kier molecular flexibility index (Phi) is 4.62. The molecule has 5 heteroatoms. The molecule has 1 aliphatic heterocycles. The highest BCUT2D eigenvalue weighted by molar-refractivity contribution is 7.80. The van der Waals surface area contributed by atoms with Gasteiger partial charge in [-0.3, -0.25) is 14.8 Å². The number of amides is 1. The summed E-state index contributed by atoms with van der Waals surface area (Å²) < 4.78 is 0. The first-order valence-electron chi connectivity index (χ1n) is 8.11. The lowest BCUT2D eigenvalue weighted by molar-refractivity contribution is -0.139. The molecule has 1 N–H and O–H groups in total. The monoisotopic (exact) mass is 317 g/mol. The van der Waals surface area contributed by atoms with Gasteiger partial charge in [0.15, 0.2) is 5.11 Å². The summed E-state index contributed by atoms with van der Waals surface area (Å²) in [4.78, 5) is 12.7. The lowest BCUT2D eigenvalue weighted by atomic mass is 10.0. The molecule has 0 atom stereocenters. The summed E-state index contributed by atoms with van der Waals surface area (Å²) in [5, 5.41) is 7.59. The van der Waals surface area contributed by atoms with Crippen LogP contribution in [-0.2, 0) is 17.6 Å². The number of hydrazine groups is 1. The molecule has 2 aliphatic rings. The van der Waals surface area contributed by atoms with Crippen LogP contribution in [0.25, 0.3) is 0 Å². The van der Waals surface area contributed by atoms with Gasteiger partial charge in [-0.2, -0.15) is 0 Å². The first-order chi connectivity index (χ1) is 10.7. The van der Waals surface area contributed by atoms with E-state index in [9.17, 15) is 4.79 Å². The Morgan fingerprint density at radius 3 is 2.50 bits per heavy atom. The second-order valence-corrected chi connectivity index (χ2v) is 6.46. The van der Waals surface area contributed by atoms with Crippen LogP contribution in [-0.4, -0.2) is 40.7 Å². The highest BCUT2D eigenvalue weighted by atomic mass is 32.1. The molecule has 1 saturated heterocycles. The molecule has 22 heavy (non-hydrogen) atoms. The van der Waals surface area contributed by atoms with E-state index in [1.807, 2.05) is 16.9 Å². The van der Waals surface area contributed by atoms with E-state index in [4.69, 9.17) is 12.2 Å². The van der Waals surface area contributed by atoms with Crippen LogP contribution < -0.4 is 5.32 Å². The minimum absolute atomic E-state index is 0.204. The maximum atomic E-state index is 12.7. The number of carbonyl (C=O) groups is 1. The third-order valence-electron chi connectivity index (χ3n) is 4.48. The first kappa shape index (κ1) is 15.3. The summed E-state index contributed by atoms with van der Waals surface area (Å²) in [6.07, 6.45) is 3.64. The Labute approximate surface area is 137 Å². The van der Waals surface area contributed by atoms with Crippen molar-refractivity contribution in [2.45, 2.75) is 32.6 Å². The zero-order valence-corrected chi connectivity index (χ0v) is 13.9. The Hall–Kier alpha value is -1.62. The summed E-state index contributed by atoms with van der Waals surface area (Å²) >= 11 is 5.37. The zero-order chi connectivity index (χ0) is 15.5. The van der Waals surface area contributed by atoms with Crippen LogP contribution in [0, 0.1) is 5.92 Å². The number of fused-ring (bicyclic) bond motifs is 1. The van der Waals surface area contributed by atoms with Crippen molar-refractivity contribution in [2.24, 2.45) is 5.92 Å². The standard InChI is InChI=1S/C17H23N3OS/c1-2-18-17(22)20-9-5-8-19(20)16(21)12-13-10-14-6-3-4-7-15(14)11-13/h3-4,6-7,13H,2,5,8-12H2,1H3,(H,18,22). The average Bonchev–Trinajstić information content (AvgIpc) is 3.13. The van der Waals surface area contributed by atoms with Crippen molar-refractivity contribution in [1.29, 1.82) is 0 Å². The smallest absolute Gasteiger partial charge is 0.241 e. The lowest BCUT2D eigenvalue weighted by Crippen LogP contribution is -2.49. The van der Waals surface area contributed by atoms with E-state index in [1.165, 1.54) is 11.1 Å². The second-order valence-electron chi connectivity index (χ2n) is 6.08. The topological polar surface area (TPSA) is 35.6 Å². The molecular weight excluding hydrogens is 294 g/mol. The van der Waals surface area contributed by atoms with Crippen LogP contribution in [0.5, 0.6) is 0 Å². The van der Waals surface area contributed by atoms with Crippen molar-refractivity contribution in [2.75, 3.05) is 19.6 Å². The number of nitrogens with zero attached hydrogens (tertiary/aromatic N) is 2. The molecule has 4 nitrogen and oxygen atoms in total. The predicted molar refractivity (Wildman–Crippen MR) is 91.3 cm³/mol. The molecule has 1 aromatic rings. The fourth-order valence-electron chi connectivity index (χ4n) is 3.47. The van der Waals surface area contributed by atoms with Crippen LogP contribution in [0.4, 0.5) is 0 Å². The molecule has 0 radical (unpaired) electrons. The van der Waals surface area contributed by atoms with Gasteiger partial charge >= 0.3 is 0 Å². The Morgan fingerprint density at radius 1 is 1.23 bits per heavy atom. The second kappa shape index (κ2) is 6.65. The van der Waals surface area contributed by atoms with Gasteiger partial charge in [0.1, 0.15) is 0 Å². The van der Waals surface area contributed by atoms with Gasteiger partial charge in [-0.05, 0) is 55.4 Å². The predicted octanol–water partition coefficient (Wildman–Crippen LogP) is 2.14. The number of hydrogen-bond donors (Lipinski definition) is 1. The van der Waals surface area contributed by atoms with Crippen molar-refractivity contribution in [1.82, 2.24) is 15.3 Å². The van der Waals surface area contributed by atoms with Crippen LogP contribution in [0.15, 0.2) is 24.3 Å². The zero-order valence-electron chi connectivity index (χ0n) is 13.0. The van der Waals surface area contributed by atoms with Crippen LogP contribution in [0.3, 0.4) is 0 Å². The molecule has 1 heterocycles. The van der Waals surface area contributed by atoms with Crippen LogP contribution in [0.1, 0.15) is 30.9 Å². The number of hydrogen-bond acceptors (Lipinski definition) is 2. The Balaban J connectivity index is 1.59. The molecule has 118 valence electrons. The lowest BCUT2D eigenvalue weighted by Gasteiger charge is -2.30. The van der Waals surface area contributed by atoms with Gasteiger partial charge in [0, 0.05) is 26.1 Å². The van der Waals surface area contributed by atoms with Gasteiger partial charge < -0.3 is 5.32 Å². The van der Waals surface area contributed by atoms with Gasteiger partial charge in [0.05, 0.1) is 0 Å². The van der Waals surface area contributed by atoms with E-state index >= 15 is 0 Å². The molecule has 1 fully saturated rings. The molecule has 0 saturated carbocycles. The molecule has 0 unspecified atom stereocenters. The van der Waals surface area contributed by atoms with E-state index in [-0.39, 0.29) is 5.91 Å². The van der Waals surface area contributed by atoms with Crippen molar-refractivity contribution in [3.63, 3.8) is 0 Å². The van der Waals surface area contributed by atoms with E-state index < -0.39 is 0 Å². The van der Waals surface area contributed by atoms with Crippen LogP contribution in [0.2, 0.25) is 0 Å². The molecular formula is C17H23N3OS. The summed E-state index contributed by atoms with van der Waals surface area (Å²) in [6, 6.07) is 8.53. The number of benzene rings is 1. The summed E-state index contributed by atoms with van der Waals surface area (Å²) in [7, 11) is 0. The van der Waals surface area contributed by atoms with E-state index in [0.717, 1.165) is 38.9 Å². The molecule has 1 aliphatic carbocycles. The molecule has 0 aromatic heterocycles. The van der Waals surface area contributed by atoms with E-state index in [1.54, 1.807) is 0 Å². The molecule has 0 spiro atoms. The highest BCUT2D eigenvalue weighted by Crippen LogP contribution is 2.29. The van der Waals surface area contributed by atoms with Crippen molar-refractivity contribution >= 4 is 23.2 Å². The van der Waals surface area contributed by atoms with Crippen LogP contribution >= 0.6 is 12.2 Å². The quantitative estimate of drug-likeness (QED) is 0.867. The minimum atomic E-state index is 0.204. The molecule has 0 bridgehead atoms. The van der Waals surface area contributed by atoms with E-state index in [2.05, 4.69) is 29.6 Å². The van der Waals surface area contributed by atoms with Gasteiger partial charge in [-0.1, -0.05) is 24.3 Å². The fraction of sp³-hybridized carbons (Fsp3) is 0.529. The van der Waals surface area contributed by atoms with E-state index in [0.29, 0.717) is 17.5 Å². The van der Waals surface area contributed by atoms with Crippen molar-refractivity contribution in [3.05, 3.63) is 35.4 Å². The van der Waals surface area contributed by atoms with Gasteiger partial charge in [0.2, 0.25) is 5.91 Å². The fourth-order valence-corrected chi connectivity index (χ4v) is 3.81. The number of rotatable bonds is 3. The highest BCUT2D eigenvalue weighted by Gasteiger charge is 2.31. The largest absolute Gasteiger partial charge is 0.361 e. The summed E-state index contributed by atoms with van der Waals surface area (Å²) in [5.41, 5.74) is 2.81. The summed E-state index contributed by atoms with van der Waals surface area (Å²) in [5.74, 6) is 0.635. The molecule has 3 rings (SSSR count). The number of carbonyl (C=O) groups excluding carboxylic acids is 1. The van der Waals surface area contributed by atoms with Crippen molar-refractivity contribution < 1.29 is 4.79 Å². The summed E-state index contributed by atoms with van der Waals surface area (Å²) in [6.45, 7) is 4.42. The normalized spacial score (nSPS) is 17.7. The molecule has 1 aromatic carbocycles. The maximum absolute atomic E-state index is 12.7. The van der Waals surface area contributed by atoms with Gasteiger partial charge in [-0.15, -0.1) is 0 Å². The van der Waals surface area contributed by atoms with Crippen molar-refractivity contribution in [3.8, 4) is 0 Å². The Bertz CT molecular complexity index is 550. The molecule has 1 amide bonds. The Morgan fingerprint density at radius 2 is 1.86 bits per heavy atom. The average molecular weight is 317 g/mol. The number of nitrogens with one attached hydrogen (secondary N) is 1. The first-order valence-corrected chi connectivity index (χ1v) is 8.52. The maximum Gasteiger partial charge on any atom is 0.241 e. The SMILES string of the molecule is CCNC(=S)N1CCCN1C(=O)CC1Cc2ccccc2C1. The third-order valence-corrected chi connectivity index (χ3v) is 4.84. The third kappa shape index (κ3) is 3.09. The number of thiocarbonyl (C=S) groups is 1. The van der Waals surface area contributed by atoms with Gasteiger partial charge in [-0.25, -0.2) is 0 Å². The minimum Gasteiger partial charge on any atom is -0.361 e.